The van der Waals surface area contributed by atoms with Gasteiger partial charge in [-0.3, -0.25) is 0 Å². The zero-order valence-electron chi connectivity index (χ0n) is 13.6. The first kappa shape index (κ1) is 17.9. The van der Waals surface area contributed by atoms with Gasteiger partial charge in [0.1, 0.15) is 5.75 Å². The Morgan fingerprint density at radius 3 is 3.09 bits per heavy atom. The molecule has 0 aromatic heterocycles. The second-order valence-corrected chi connectivity index (χ2v) is 6.42. The van der Waals surface area contributed by atoms with Crippen LogP contribution in [0.3, 0.4) is 0 Å². The Morgan fingerprint density at radius 2 is 2.35 bits per heavy atom. The van der Waals surface area contributed by atoms with Crippen molar-refractivity contribution in [1.29, 1.82) is 0 Å². The summed E-state index contributed by atoms with van der Waals surface area (Å²) in [6.07, 6.45) is 2.69. The number of nitrogens with zero attached hydrogens (tertiary/aromatic N) is 1. The molecule has 2 amide bonds. The summed E-state index contributed by atoms with van der Waals surface area (Å²) in [6, 6.07) is 5.48. The van der Waals surface area contributed by atoms with Gasteiger partial charge in [0.15, 0.2) is 0 Å². The zero-order chi connectivity index (χ0) is 16.7. The van der Waals surface area contributed by atoms with E-state index in [0.717, 1.165) is 37.1 Å². The van der Waals surface area contributed by atoms with Gasteiger partial charge >= 0.3 is 6.03 Å². The van der Waals surface area contributed by atoms with Gasteiger partial charge in [-0.2, -0.15) is 0 Å². The first-order valence-electron chi connectivity index (χ1n) is 8.12. The van der Waals surface area contributed by atoms with Crippen LogP contribution < -0.4 is 10.1 Å². The van der Waals surface area contributed by atoms with Crippen LogP contribution in [0.5, 0.6) is 5.75 Å². The third-order valence-corrected chi connectivity index (χ3v) is 4.29. The number of halogens is 1. The van der Waals surface area contributed by atoms with Crippen molar-refractivity contribution >= 4 is 17.6 Å². The molecule has 1 aliphatic rings. The van der Waals surface area contributed by atoms with Gasteiger partial charge in [-0.15, -0.1) is 0 Å². The Kier molecular flexibility index (Phi) is 6.99. The van der Waals surface area contributed by atoms with E-state index in [1.165, 1.54) is 0 Å². The van der Waals surface area contributed by atoms with Crippen LogP contribution in [0.25, 0.3) is 0 Å². The van der Waals surface area contributed by atoms with Crippen molar-refractivity contribution in [3.63, 3.8) is 0 Å². The smallest absolute Gasteiger partial charge is 0.317 e. The zero-order valence-corrected chi connectivity index (χ0v) is 14.3. The van der Waals surface area contributed by atoms with Gasteiger partial charge in [-0.05, 0) is 55.9 Å². The lowest BCUT2D eigenvalue weighted by Crippen LogP contribution is -2.46. The maximum atomic E-state index is 12.1. The number of ether oxygens (including phenoxy) is 1. The monoisotopic (exact) mass is 340 g/mol. The maximum absolute atomic E-state index is 12.1. The molecule has 1 atom stereocenters. The normalized spacial score (nSPS) is 17.9. The second-order valence-electron chi connectivity index (χ2n) is 5.98. The quantitative estimate of drug-likeness (QED) is 0.783. The van der Waals surface area contributed by atoms with Gasteiger partial charge in [-0.25, -0.2) is 4.79 Å². The third kappa shape index (κ3) is 5.59. The highest BCUT2D eigenvalue weighted by Crippen LogP contribution is 2.21. The number of carbonyl (C=O) groups is 1. The molecule has 6 heteroatoms. The Bertz CT molecular complexity index is 525. The summed E-state index contributed by atoms with van der Waals surface area (Å²) in [7, 11) is 0. The van der Waals surface area contributed by atoms with Crippen LogP contribution in [0, 0.1) is 12.8 Å². The number of aliphatic hydroxyl groups excluding tert-OH is 1. The van der Waals surface area contributed by atoms with Gasteiger partial charge < -0.3 is 20.1 Å². The van der Waals surface area contributed by atoms with E-state index in [1.54, 1.807) is 11.0 Å². The van der Waals surface area contributed by atoms with E-state index in [9.17, 15) is 9.90 Å². The summed E-state index contributed by atoms with van der Waals surface area (Å²) in [6.45, 7) is 4.63. The molecule has 0 radical (unpaired) electrons. The van der Waals surface area contributed by atoms with Crippen LogP contribution in [0.2, 0.25) is 5.02 Å². The molecule has 128 valence electrons. The van der Waals surface area contributed by atoms with E-state index >= 15 is 0 Å². The second kappa shape index (κ2) is 8.99. The fourth-order valence-corrected chi connectivity index (χ4v) is 2.96. The van der Waals surface area contributed by atoms with E-state index in [-0.39, 0.29) is 18.6 Å². The minimum absolute atomic E-state index is 0.0502. The molecule has 1 aromatic rings. The molecule has 1 saturated heterocycles. The summed E-state index contributed by atoms with van der Waals surface area (Å²) in [4.78, 5) is 13.8. The molecule has 1 aliphatic heterocycles. The number of hydrogen-bond donors (Lipinski definition) is 2. The molecule has 0 saturated carbocycles. The lowest BCUT2D eigenvalue weighted by Gasteiger charge is -2.31. The van der Waals surface area contributed by atoms with Gasteiger partial charge in [0.05, 0.1) is 6.61 Å². The van der Waals surface area contributed by atoms with Crippen molar-refractivity contribution in [2.24, 2.45) is 5.92 Å². The fraction of sp³-hybridized carbons (Fsp3) is 0.588. The van der Waals surface area contributed by atoms with Crippen LogP contribution in [-0.2, 0) is 0 Å². The van der Waals surface area contributed by atoms with Crippen molar-refractivity contribution in [2.75, 3.05) is 32.8 Å². The summed E-state index contributed by atoms with van der Waals surface area (Å²) in [5.74, 6) is 1.04. The maximum Gasteiger partial charge on any atom is 0.317 e. The SMILES string of the molecule is Cc1cc(Cl)ccc1OCCCNC(=O)N1CCCC(CO)C1. The summed E-state index contributed by atoms with van der Waals surface area (Å²) in [5.41, 5.74) is 1.00. The molecular weight excluding hydrogens is 316 g/mol. The predicted molar refractivity (Wildman–Crippen MR) is 91.1 cm³/mol. The molecular formula is C17H25ClN2O3. The average Bonchev–Trinajstić information content (AvgIpc) is 2.56. The number of aryl methyl sites for hydroxylation is 1. The van der Waals surface area contributed by atoms with Gasteiger partial charge in [0.2, 0.25) is 0 Å². The number of likely N-dealkylation sites (tertiary alicyclic amines) is 1. The number of amides is 2. The topological polar surface area (TPSA) is 61.8 Å². The molecule has 5 nitrogen and oxygen atoms in total. The highest BCUT2D eigenvalue weighted by atomic mass is 35.5. The first-order chi connectivity index (χ1) is 11.1. The number of nitrogens with one attached hydrogen (secondary N) is 1. The minimum Gasteiger partial charge on any atom is -0.493 e. The lowest BCUT2D eigenvalue weighted by molar-refractivity contribution is 0.129. The largest absolute Gasteiger partial charge is 0.493 e. The van der Waals surface area contributed by atoms with Crippen molar-refractivity contribution in [1.82, 2.24) is 10.2 Å². The van der Waals surface area contributed by atoms with Crippen LogP contribution in [-0.4, -0.2) is 48.9 Å². The molecule has 0 spiro atoms. The number of hydrogen-bond acceptors (Lipinski definition) is 3. The molecule has 1 fully saturated rings. The molecule has 0 aliphatic carbocycles. The Balaban J connectivity index is 1.64. The molecule has 2 rings (SSSR count). The number of urea groups is 1. The van der Waals surface area contributed by atoms with Crippen LogP contribution in [0.4, 0.5) is 4.79 Å². The minimum atomic E-state index is -0.0502. The van der Waals surface area contributed by atoms with Gasteiger partial charge in [0.25, 0.3) is 0 Å². The first-order valence-corrected chi connectivity index (χ1v) is 8.50. The predicted octanol–water partition coefficient (Wildman–Crippen LogP) is 2.83. The molecule has 1 aromatic carbocycles. The molecule has 1 heterocycles. The van der Waals surface area contributed by atoms with Crippen molar-refractivity contribution in [2.45, 2.75) is 26.2 Å². The van der Waals surface area contributed by atoms with Crippen molar-refractivity contribution in [3.8, 4) is 5.75 Å². The number of carbonyl (C=O) groups excluding carboxylic acids is 1. The Morgan fingerprint density at radius 1 is 1.52 bits per heavy atom. The van der Waals surface area contributed by atoms with Crippen LogP contribution >= 0.6 is 11.6 Å². The molecule has 0 bridgehead atoms. The van der Waals surface area contributed by atoms with E-state index in [1.807, 2.05) is 19.1 Å². The van der Waals surface area contributed by atoms with Gasteiger partial charge in [-0.1, -0.05) is 11.6 Å². The van der Waals surface area contributed by atoms with Crippen LogP contribution in [0.1, 0.15) is 24.8 Å². The number of piperidine rings is 1. The molecule has 1 unspecified atom stereocenters. The molecule has 2 N–H and O–H groups in total. The highest BCUT2D eigenvalue weighted by Gasteiger charge is 2.22. The third-order valence-electron chi connectivity index (χ3n) is 4.06. The summed E-state index contributed by atoms with van der Waals surface area (Å²) >= 11 is 5.91. The van der Waals surface area contributed by atoms with E-state index in [0.29, 0.717) is 24.7 Å². The van der Waals surface area contributed by atoms with E-state index in [2.05, 4.69) is 5.32 Å². The van der Waals surface area contributed by atoms with Crippen LogP contribution in [0.15, 0.2) is 18.2 Å². The molecule has 23 heavy (non-hydrogen) atoms. The number of aliphatic hydroxyl groups is 1. The van der Waals surface area contributed by atoms with E-state index < -0.39 is 0 Å². The highest BCUT2D eigenvalue weighted by molar-refractivity contribution is 6.30. The standard InChI is InChI=1S/C17H25ClN2O3/c1-13-10-15(18)5-6-16(13)23-9-3-7-19-17(22)20-8-2-4-14(11-20)12-21/h5-6,10,14,21H,2-4,7-9,11-12H2,1H3,(H,19,22). The summed E-state index contributed by atoms with van der Waals surface area (Å²) in [5, 5.41) is 12.8. The fourth-order valence-electron chi connectivity index (χ4n) is 2.73. The van der Waals surface area contributed by atoms with E-state index in [4.69, 9.17) is 16.3 Å². The van der Waals surface area contributed by atoms with Crippen molar-refractivity contribution < 1.29 is 14.6 Å². The van der Waals surface area contributed by atoms with Crippen molar-refractivity contribution in [3.05, 3.63) is 28.8 Å². The number of benzene rings is 1. The Hall–Kier alpha value is -1.46. The average molecular weight is 341 g/mol. The Labute approximate surface area is 142 Å². The van der Waals surface area contributed by atoms with Gasteiger partial charge in [0, 0.05) is 31.3 Å². The number of rotatable bonds is 6. The summed E-state index contributed by atoms with van der Waals surface area (Å²) < 4.78 is 5.70. The lowest BCUT2D eigenvalue weighted by atomic mass is 9.99.